The van der Waals surface area contributed by atoms with Crippen LogP contribution >= 0.6 is 0 Å². The molecule has 0 aliphatic heterocycles. The van der Waals surface area contributed by atoms with Gasteiger partial charge >= 0.3 is 0 Å². The second-order valence-corrected chi connectivity index (χ2v) is 8.65. The lowest BCUT2D eigenvalue weighted by Gasteiger charge is -2.19. The van der Waals surface area contributed by atoms with Gasteiger partial charge in [-0.15, -0.1) is 0 Å². The Kier molecular flexibility index (Phi) is 10.7. The summed E-state index contributed by atoms with van der Waals surface area (Å²) in [7, 11) is 0. The number of imidazole rings is 1. The number of hydrogen-bond donors (Lipinski definition) is 1. The molecule has 0 saturated heterocycles. The number of nitrogens with two attached hydrogens (primary N) is 1. The summed E-state index contributed by atoms with van der Waals surface area (Å²) in [6.45, 7) is 4.14. The molecule has 3 aromatic rings. The minimum Gasteiger partial charge on any atom is -0.493 e. The summed E-state index contributed by atoms with van der Waals surface area (Å²) in [6, 6.07) is 18.5. The summed E-state index contributed by atoms with van der Waals surface area (Å²) < 4.78 is 14.2. The van der Waals surface area contributed by atoms with E-state index in [9.17, 15) is 4.79 Å². The van der Waals surface area contributed by atoms with E-state index in [0.29, 0.717) is 13.2 Å². The Bertz CT molecular complexity index is 987. The van der Waals surface area contributed by atoms with Crippen LogP contribution in [0.2, 0.25) is 0 Å². The zero-order valence-corrected chi connectivity index (χ0v) is 20.2. The molecule has 182 valence electrons. The third-order valence-corrected chi connectivity index (χ3v) is 5.83. The maximum Gasteiger partial charge on any atom is 0.268 e. The summed E-state index contributed by atoms with van der Waals surface area (Å²) in [5.41, 5.74) is 7.99. The predicted octanol–water partition coefficient (Wildman–Crippen LogP) is 5.55. The van der Waals surface area contributed by atoms with Gasteiger partial charge < -0.3 is 19.8 Å². The molecule has 0 aliphatic rings. The van der Waals surface area contributed by atoms with Crippen LogP contribution in [0, 0.1) is 0 Å². The Morgan fingerprint density at radius 3 is 2.59 bits per heavy atom. The molecule has 2 N–H and O–H groups in total. The Morgan fingerprint density at radius 2 is 1.82 bits per heavy atom. The summed E-state index contributed by atoms with van der Waals surface area (Å²) >= 11 is 0. The fraction of sp³-hybridized carbons (Fsp3) is 0.429. The fourth-order valence-electron chi connectivity index (χ4n) is 3.92. The SMILES string of the molecule is CCCCCCOc1ccccc1CCCC(Cn1cnc(C(N)=O)c1)OCc1ccccc1. The highest BCUT2D eigenvalue weighted by atomic mass is 16.5. The first kappa shape index (κ1) is 25.5. The molecule has 34 heavy (non-hydrogen) atoms. The van der Waals surface area contributed by atoms with Gasteiger partial charge in [-0.3, -0.25) is 4.79 Å². The molecule has 2 aromatic carbocycles. The average Bonchev–Trinajstić information content (AvgIpc) is 3.33. The van der Waals surface area contributed by atoms with Gasteiger partial charge in [-0.2, -0.15) is 0 Å². The van der Waals surface area contributed by atoms with Gasteiger partial charge in [-0.05, 0) is 42.9 Å². The molecule has 3 rings (SSSR count). The van der Waals surface area contributed by atoms with Crippen molar-refractivity contribution >= 4 is 5.91 Å². The van der Waals surface area contributed by atoms with Gasteiger partial charge in [0.15, 0.2) is 0 Å². The minimum absolute atomic E-state index is 0.0164. The number of aromatic nitrogens is 2. The van der Waals surface area contributed by atoms with E-state index in [1.54, 1.807) is 12.5 Å². The van der Waals surface area contributed by atoms with Gasteiger partial charge in [0.25, 0.3) is 5.91 Å². The molecule has 1 atom stereocenters. The van der Waals surface area contributed by atoms with Gasteiger partial charge in [0.05, 0.1) is 25.6 Å². The molecule has 0 fully saturated rings. The number of rotatable bonds is 16. The molecular formula is C28H37N3O3. The van der Waals surface area contributed by atoms with Crippen molar-refractivity contribution in [3.05, 3.63) is 83.9 Å². The van der Waals surface area contributed by atoms with Crippen molar-refractivity contribution in [1.29, 1.82) is 0 Å². The van der Waals surface area contributed by atoms with Gasteiger partial charge in [0, 0.05) is 12.7 Å². The van der Waals surface area contributed by atoms with Crippen LogP contribution in [0.15, 0.2) is 67.1 Å². The predicted molar refractivity (Wildman–Crippen MR) is 135 cm³/mol. The molecule has 0 radical (unpaired) electrons. The van der Waals surface area contributed by atoms with Crippen molar-refractivity contribution in [2.45, 2.75) is 71.1 Å². The van der Waals surface area contributed by atoms with E-state index in [4.69, 9.17) is 15.2 Å². The Hall–Kier alpha value is -3.12. The quantitative estimate of drug-likeness (QED) is 0.283. The number of nitrogens with zero attached hydrogens (tertiary/aromatic N) is 2. The van der Waals surface area contributed by atoms with E-state index >= 15 is 0 Å². The van der Waals surface area contributed by atoms with Gasteiger partial charge in [-0.25, -0.2) is 4.98 Å². The van der Waals surface area contributed by atoms with E-state index in [0.717, 1.165) is 43.6 Å². The van der Waals surface area contributed by atoms with Crippen LogP contribution in [0.4, 0.5) is 0 Å². The average molecular weight is 464 g/mol. The first-order valence-corrected chi connectivity index (χ1v) is 12.3. The first-order valence-electron chi connectivity index (χ1n) is 12.3. The molecule has 0 spiro atoms. The van der Waals surface area contributed by atoms with Crippen LogP contribution in [0.3, 0.4) is 0 Å². The van der Waals surface area contributed by atoms with Gasteiger partial charge in [0.2, 0.25) is 0 Å². The number of ether oxygens (including phenoxy) is 2. The largest absolute Gasteiger partial charge is 0.493 e. The van der Waals surface area contributed by atoms with E-state index in [-0.39, 0.29) is 11.8 Å². The zero-order valence-electron chi connectivity index (χ0n) is 20.2. The number of unbranched alkanes of at least 4 members (excludes halogenated alkanes) is 3. The second kappa shape index (κ2) is 14.2. The van der Waals surface area contributed by atoms with Crippen molar-refractivity contribution in [3.63, 3.8) is 0 Å². The second-order valence-electron chi connectivity index (χ2n) is 8.65. The fourth-order valence-corrected chi connectivity index (χ4v) is 3.92. The van der Waals surface area contributed by atoms with Crippen LogP contribution in [0.25, 0.3) is 0 Å². The number of amides is 1. The number of carbonyl (C=O) groups is 1. The van der Waals surface area contributed by atoms with Gasteiger partial charge in [-0.1, -0.05) is 74.7 Å². The molecule has 1 heterocycles. The highest BCUT2D eigenvalue weighted by Crippen LogP contribution is 2.22. The number of para-hydroxylation sites is 1. The van der Waals surface area contributed by atoms with E-state index in [1.165, 1.54) is 24.8 Å². The number of aryl methyl sites for hydroxylation is 1. The van der Waals surface area contributed by atoms with Crippen LogP contribution in [-0.4, -0.2) is 28.2 Å². The third kappa shape index (κ3) is 8.67. The highest BCUT2D eigenvalue weighted by molar-refractivity contribution is 5.90. The standard InChI is InChI=1S/C28H37N3O3/c1-2-3-4-10-18-33-27-17-9-8-14-24(27)15-11-16-25(34-21-23-12-6-5-7-13-23)19-31-20-26(28(29)32)30-22-31/h5-9,12-14,17,20,22,25H,2-4,10-11,15-16,18-19,21H2,1H3,(H2,29,32). The number of carbonyl (C=O) groups excluding carboxylic acids is 1. The minimum atomic E-state index is -0.521. The molecule has 6 heteroatoms. The molecule has 1 amide bonds. The molecule has 6 nitrogen and oxygen atoms in total. The van der Waals surface area contributed by atoms with Crippen LogP contribution < -0.4 is 10.5 Å². The topological polar surface area (TPSA) is 79.4 Å². The van der Waals surface area contributed by atoms with Crippen LogP contribution in [0.1, 0.15) is 67.1 Å². The lowest BCUT2D eigenvalue weighted by atomic mass is 10.0. The molecule has 1 unspecified atom stereocenters. The maximum atomic E-state index is 11.4. The van der Waals surface area contributed by atoms with Crippen molar-refractivity contribution < 1.29 is 14.3 Å². The number of benzene rings is 2. The summed E-state index contributed by atoms with van der Waals surface area (Å²) in [5, 5.41) is 0. The number of hydrogen-bond acceptors (Lipinski definition) is 4. The summed E-state index contributed by atoms with van der Waals surface area (Å²) in [4.78, 5) is 15.5. The Balaban J connectivity index is 1.56. The lowest BCUT2D eigenvalue weighted by molar-refractivity contribution is 0.0225. The Morgan fingerprint density at radius 1 is 1.03 bits per heavy atom. The van der Waals surface area contributed by atoms with Crippen molar-refractivity contribution in [2.75, 3.05) is 6.61 Å². The molecule has 0 saturated carbocycles. The molecule has 0 bridgehead atoms. The van der Waals surface area contributed by atoms with E-state index in [2.05, 4.69) is 42.2 Å². The van der Waals surface area contributed by atoms with Crippen molar-refractivity contribution in [2.24, 2.45) is 5.73 Å². The lowest BCUT2D eigenvalue weighted by Crippen LogP contribution is -2.20. The van der Waals surface area contributed by atoms with Crippen molar-refractivity contribution in [3.8, 4) is 5.75 Å². The number of primary amides is 1. The molecule has 0 aliphatic carbocycles. The smallest absolute Gasteiger partial charge is 0.268 e. The van der Waals surface area contributed by atoms with E-state index in [1.807, 2.05) is 28.8 Å². The first-order chi connectivity index (χ1) is 16.7. The normalized spacial score (nSPS) is 11.9. The van der Waals surface area contributed by atoms with Crippen molar-refractivity contribution in [1.82, 2.24) is 9.55 Å². The summed E-state index contributed by atoms with van der Waals surface area (Å²) in [5.74, 6) is 0.466. The zero-order chi connectivity index (χ0) is 24.0. The van der Waals surface area contributed by atoms with Crippen LogP contribution in [-0.2, 0) is 24.3 Å². The van der Waals surface area contributed by atoms with Crippen LogP contribution in [0.5, 0.6) is 5.75 Å². The highest BCUT2D eigenvalue weighted by Gasteiger charge is 2.14. The molecular weight excluding hydrogens is 426 g/mol. The monoisotopic (exact) mass is 463 g/mol. The maximum absolute atomic E-state index is 11.4. The van der Waals surface area contributed by atoms with E-state index < -0.39 is 5.91 Å². The third-order valence-electron chi connectivity index (χ3n) is 5.83. The van der Waals surface area contributed by atoms with Gasteiger partial charge in [0.1, 0.15) is 11.4 Å². The summed E-state index contributed by atoms with van der Waals surface area (Å²) in [6.07, 6.45) is 10.9. The Labute approximate surface area is 203 Å². The molecule has 1 aromatic heterocycles.